The van der Waals surface area contributed by atoms with E-state index in [1.165, 1.54) is 0 Å². The van der Waals surface area contributed by atoms with E-state index in [1.807, 2.05) is 47.5 Å². The molecule has 0 radical (unpaired) electrons. The number of nitrogens with zero attached hydrogens (tertiary/aromatic N) is 3. The minimum absolute atomic E-state index is 0. The van der Waals surface area contributed by atoms with Crippen LogP contribution >= 0.6 is 35.1 Å². The first-order valence-corrected chi connectivity index (χ1v) is 11.4. The second-order valence-corrected chi connectivity index (χ2v) is 8.43. The number of ether oxygens (including phenoxy) is 1. The van der Waals surface area contributed by atoms with E-state index >= 15 is 0 Å². The average molecular weight is 454 g/mol. The van der Waals surface area contributed by atoms with Gasteiger partial charge < -0.3 is 9.64 Å². The lowest BCUT2D eigenvalue weighted by Crippen LogP contribution is -2.39. The predicted molar refractivity (Wildman–Crippen MR) is 126 cm³/mol. The highest BCUT2D eigenvalue weighted by Crippen LogP contribution is 2.32. The van der Waals surface area contributed by atoms with Crippen LogP contribution in [0.15, 0.2) is 35.7 Å². The van der Waals surface area contributed by atoms with Crippen LogP contribution in [0, 0.1) is 0 Å². The fraction of sp³-hybridized carbons (Fsp3) is 0.429. The Morgan fingerprint density at radius 3 is 2.59 bits per heavy atom. The summed E-state index contributed by atoms with van der Waals surface area (Å²) in [5.41, 5.74) is 0.903. The fourth-order valence-electron chi connectivity index (χ4n) is 3.03. The summed E-state index contributed by atoms with van der Waals surface area (Å²) < 4.78 is 6.64. The number of amides is 1. The molecule has 0 unspecified atom stereocenters. The van der Waals surface area contributed by atoms with E-state index in [-0.39, 0.29) is 18.3 Å². The fourth-order valence-corrected chi connectivity index (χ4v) is 4.76. The van der Waals surface area contributed by atoms with Gasteiger partial charge in [-0.05, 0) is 49.7 Å². The van der Waals surface area contributed by atoms with E-state index in [1.54, 1.807) is 22.7 Å². The van der Waals surface area contributed by atoms with Crippen molar-refractivity contribution in [3.63, 3.8) is 0 Å². The van der Waals surface area contributed by atoms with Crippen molar-refractivity contribution in [1.29, 1.82) is 0 Å². The van der Waals surface area contributed by atoms with Crippen molar-refractivity contribution in [2.24, 2.45) is 0 Å². The molecule has 0 bridgehead atoms. The number of benzene rings is 1. The van der Waals surface area contributed by atoms with Gasteiger partial charge in [-0.3, -0.25) is 9.69 Å². The Balaban J connectivity index is 0.00000300. The molecule has 8 heteroatoms. The zero-order valence-electron chi connectivity index (χ0n) is 17.1. The molecule has 0 atom stereocenters. The van der Waals surface area contributed by atoms with Crippen molar-refractivity contribution in [2.75, 3.05) is 37.7 Å². The van der Waals surface area contributed by atoms with Crippen LogP contribution in [0.3, 0.4) is 0 Å². The van der Waals surface area contributed by atoms with Crippen LogP contribution < -0.4 is 9.64 Å². The molecule has 0 aliphatic rings. The van der Waals surface area contributed by atoms with Crippen molar-refractivity contribution in [3.8, 4) is 5.75 Å². The molecule has 0 aliphatic heterocycles. The van der Waals surface area contributed by atoms with Crippen LogP contribution in [0.5, 0.6) is 5.75 Å². The van der Waals surface area contributed by atoms with Crippen molar-refractivity contribution < 1.29 is 9.53 Å². The minimum Gasteiger partial charge on any atom is -0.494 e. The predicted octanol–water partition coefficient (Wildman–Crippen LogP) is 5.10. The average Bonchev–Trinajstić information content (AvgIpc) is 3.34. The maximum Gasteiger partial charge on any atom is 0.234 e. The molecule has 1 amide bonds. The third kappa shape index (κ3) is 6.15. The van der Waals surface area contributed by atoms with E-state index < -0.39 is 0 Å². The van der Waals surface area contributed by atoms with Gasteiger partial charge in [-0.1, -0.05) is 31.3 Å². The number of carbonyl (C=O) groups is 1. The summed E-state index contributed by atoms with van der Waals surface area (Å²) >= 11 is 3.17. The Morgan fingerprint density at radius 2 is 1.93 bits per heavy atom. The van der Waals surface area contributed by atoms with Gasteiger partial charge in [0.25, 0.3) is 0 Å². The Labute approximate surface area is 186 Å². The molecular weight excluding hydrogens is 426 g/mol. The Hall–Kier alpha value is -1.67. The number of aromatic nitrogens is 1. The van der Waals surface area contributed by atoms with Crippen LogP contribution in [-0.4, -0.2) is 48.6 Å². The van der Waals surface area contributed by atoms with Crippen molar-refractivity contribution in [2.45, 2.75) is 27.2 Å². The van der Waals surface area contributed by atoms with Gasteiger partial charge in [-0.25, -0.2) is 4.98 Å². The molecule has 0 saturated heterocycles. The molecule has 0 fully saturated rings. The summed E-state index contributed by atoms with van der Waals surface area (Å²) in [4.78, 5) is 23.1. The van der Waals surface area contributed by atoms with Crippen molar-refractivity contribution in [1.82, 2.24) is 9.88 Å². The quantitative estimate of drug-likeness (QED) is 0.428. The van der Waals surface area contributed by atoms with Gasteiger partial charge in [-0.15, -0.1) is 23.7 Å². The van der Waals surface area contributed by atoms with E-state index in [0.29, 0.717) is 19.6 Å². The lowest BCUT2D eigenvalue weighted by atomic mass is 10.3. The summed E-state index contributed by atoms with van der Waals surface area (Å²) in [6, 6.07) is 9.90. The van der Waals surface area contributed by atoms with E-state index in [2.05, 4.69) is 18.7 Å². The molecule has 3 rings (SSSR count). The highest BCUT2D eigenvalue weighted by atomic mass is 35.5. The first kappa shape index (κ1) is 23.6. The van der Waals surface area contributed by atoms with Crippen molar-refractivity contribution in [3.05, 3.63) is 40.6 Å². The molecule has 2 heterocycles. The zero-order chi connectivity index (χ0) is 19.9. The van der Waals surface area contributed by atoms with E-state index in [0.717, 1.165) is 45.6 Å². The van der Waals surface area contributed by atoms with E-state index in [9.17, 15) is 4.79 Å². The van der Waals surface area contributed by atoms with Crippen LogP contribution in [0.2, 0.25) is 0 Å². The first-order chi connectivity index (χ1) is 13.6. The second-order valence-electron chi connectivity index (χ2n) is 6.39. The molecule has 2 aromatic heterocycles. The standard InChI is InChI=1S/C21H27N3O2S2.ClH/c1-4-23(5-2)11-12-24(20(25)15-17-8-7-13-27-17)21-22-18-10-9-16(26-6-3)14-19(18)28-21;/h7-10,13-14H,4-6,11-12,15H2,1-3H3;1H. The molecule has 5 nitrogen and oxygen atoms in total. The van der Waals surface area contributed by atoms with Gasteiger partial charge in [0.15, 0.2) is 5.13 Å². The number of anilines is 1. The molecular formula is C21H28ClN3O2S2. The van der Waals surface area contributed by atoms with Gasteiger partial charge in [-0.2, -0.15) is 0 Å². The number of likely N-dealkylation sites (N-methyl/N-ethyl adjacent to an activating group) is 1. The number of thiazole rings is 1. The van der Waals surface area contributed by atoms with Gasteiger partial charge in [0.2, 0.25) is 5.91 Å². The number of hydrogen-bond acceptors (Lipinski definition) is 6. The molecule has 3 aromatic rings. The number of halogens is 1. The maximum atomic E-state index is 13.1. The van der Waals surface area contributed by atoms with Gasteiger partial charge in [0.05, 0.1) is 23.2 Å². The third-order valence-electron chi connectivity index (χ3n) is 4.63. The zero-order valence-corrected chi connectivity index (χ0v) is 19.5. The summed E-state index contributed by atoms with van der Waals surface area (Å²) in [5.74, 6) is 0.934. The largest absolute Gasteiger partial charge is 0.494 e. The Morgan fingerprint density at radius 1 is 1.14 bits per heavy atom. The number of hydrogen-bond donors (Lipinski definition) is 0. The number of fused-ring (bicyclic) bond motifs is 1. The number of rotatable bonds is 10. The maximum absolute atomic E-state index is 13.1. The molecule has 0 saturated carbocycles. The highest BCUT2D eigenvalue weighted by molar-refractivity contribution is 7.22. The van der Waals surface area contributed by atoms with Crippen molar-refractivity contribution >= 4 is 56.3 Å². The van der Waals surface area contributed by atoms with Gasteiger partial charge >= 0.3 is 0 Å². The minimum atomic E-state index is 0. The smallest absolute Gasteiger partial charge is 0.234 e. The Kier molecular flexibility index (Phi) is 9.36. The molecule has 0 aliphatic carbocycles. The molecule has 0 N–H and O–H groups in total. The molecule has 1 aromatic carbocycles. The molecule has 29 heavy (non-hydrogen) atoms. The third-order valence-corrected chi connectivity index (χ3v) is 6.55. The number of carbonyl (C=O) groups excluding carboxylic acids is 1. The topological polar surface area (TPSA) is 45.7 Å². The number of thiophene rings is 1. The highest BCUT2D eigenvalue weighted by Gasteiger charge is 2.21. The normalized spacial score (nSPS) is 10.9. The summed E-state index contributed by atoms with van der Waals surface area (Å²) in [6.45, 7) is 10.3. The van der Waals surface area contributed by atoms with E-state index in [4.69, 9.17) is 9.72 Å². The lowest BCUT2D eigenvalue weighted by molar-refractivity contribution is -0.118. The van der Waals surface area contributed by atoms with Crippen LogP contribution in [0.4, 0.5) is 5.13 Å². The first-order valence-electron chi connectivity index (χ1n) is 9.73. The summed E-state index contributed by atoms with van der Waals surface area (Å²) in [7, 11) is 0. The lowest BCUT2D eigenvalue weighted by Gasteiger charge is -2.24. The molecule has 0 spiro atoms. The van der Waals surface area contributed by atoms with Crippen LogP contribution in [-0.2, 0) is 11.2 Å². The van der Waals surface area contributed by atoms with Gasteiger partial charge in [0.1, 0.15) is 5.75 Å². The molecule has 158 valence electrons. The van der Waals surface area contributed by atoms with Crippen LogP contribution in [0.1, 0.15) is 25.6 Å². The summed E-state index contributed by atoms with van der Waals surface area (Å²) in [6.07, 6.45) is 0.413. The monoisotopic (exact) mass is 453 g/mol. The van der Waals surface area contributed by atoms with Crippen LogP contribution in [0.25, 0.3) is 10.2 Å². The van der Waals surface area contributed by atoms with Gasteiger partial charge in [0, 0.05) is 18.0 Å². The second kappa shape index (κ2) is 11.5. The Bertz CT molecular complexity index is 895. The SMILES string of the molecule is CCOc1ccc2nc(N(CCN(CC)CC)C(=O)Cc3cccs3)sc2c1.Cl. The summed E-state index contributed by atoms with van der Waals surface area (Å²) in [5, 5.41) is 2.77.